The lowest BCUT2D eigenvalue weighted by Crippen LogP contribution is -2.00. The second-order valence-corrected chi connectivity index (χ2v) is 4.40. The van der Waals surface area contributed by atoms with Gasteiger partial charge in [-0.3, -0.25) is 0 Å². The molecule has 2 rings (SSSR count). The van der Waals surface area contributed by atoms with E-state index in [9.17, 15) is 0 Å². The molecule has 1 N–H and O–H groups in total. The molecule has 82 valence electrons. The third-order valence-electron chi connectivity index (χ3n) is 2.62. The van der Waals surface area contributed by atoms with Gasteiger partial charge in [0.15, 0.2) is 5.13 Å². The molecule has 16 heavy (non-hydrogen) atoms. The number of nitriles is 1. The average Bonchev–Trinajstić information content (AvgIpc) is 2.88. The molecule has 0 aliphatic rings. The molecule has 0 amide bonds. The highest BCUT2D eigenvalue weighted by Gasteiger charge is 2.08. The molecule has 0 aromatic carbocycles. The van der Waals surface area contributed by atoms with Crippen LogP contribution in [0.1, 0.15) is 17.0 Å². The van der Waals surface area contributed by atoms with E-state index in [2.05, 4.69) is 16.4 Å². The average molecular weight is 232 g/mol. The van der Waals surface area contributed by atoms with Gasteiger partial charge < -0.3 is 9.88 Å². The minimum absolute atomic E-state index is 0.688. The molecule has 0 saturated heterocycles. The normalized spacial score (nSPS) is 10.1. The molecule has 0 aliphatic carbocycles. The first-order valence-electron chi connectivity index (χ1n) is 4.91. The summed E-state index contributed by atoms with van der Waals surface area (Å²) in [4.78, 5) is 4.15. The maximum Gasteiger partial charge on any atom is 0.182 e. The quantitative estimate of drug-likeness (QED) is 0.883. The Hall–Kier alpha value is -1.80. The maximum atomic E-state index is 8.91. The van der Waals surface area contributed by atoms with Gasteiger partial charge in [0.25, 0.3) is 0 Å². The van der Waals surface area contributed by atoms with E-state index in [0.29, 0.717) is 12.2 Å². The van der Waals surface area contributed by atoms with Crippen molar-refractivity contribution < 1.29 is 0 Å². The fraction of sp³-hybridized carbons (Fsp3) is 0.273. The molecule has 0 aliphatic heterocycles. The summed E-state index contributed by atoms with van der Waals surface area (Å²) < 4.78 is 1.90. The van der Waals surface area contributed by atoms with Crippen molar-refractivity contribution in [3.63, 3.8) is 0 Å². The highest BCUT2D eigenvalue weighted by molar-refractivity contribution is 7.13. The first-order valence-corrected chi connectivity index (χ1v) is 5.79. The SMILES string of the molecule is Cc1c(CNc2nccs2)cc(C#N)n1C. The molecular weight excluding hydrogens is 220 g/mol. The van der Waals surface area contributed by atoms with Gasteiger partial charge in [0.1, 0.15) is 11.8 Å². The van der Waals surface area contributed by atoms with E-state index in [-0.39, 0.29) is 0 Å². The number of anilines is 1. The van der Waals surface area contributed by atoms with Crippen molar-refractivity contribution >= 4 is 16.5 Å². The van der Waals surface area contributed by atoms with Crippen LogP contribution in [0.5, 0.6) is 0 Å². The van der Waals surface area contributed by atoms with Gasteiger partial charge in [0.05, 0.1) is 0 Å². The Bertz CT molecular complexity index is 519. The van der Waals surface area contributed by atoms with Crippen LogP contribution in [0.2, 0.25) is 0 Å². The van der Waals surface area contributed by atoms with Crippen molar-refractivity contribution in [3.8, 4) is 6.07 Å². The number of aromatic nitrogens is 2. The number of hydrogen-bond donors (Lipinski definition) is 1. The van der Waals surface area contributed by atoms with Crippen molar-refractivity contribution in [2.45, 2.75) is 13.5 Å². The molecule has 2 heterocycles. The minimum atomic E-state index is 0.688. The summed E-state index contributed by atoms with van der Waals surface area (Å²) in [5, 5.41) is 15.0. The zero-order valence-electron chi connectivity index (χ0n) is 9.19. The van der Waals surface area contributed by atoms with Crippen molar-refractivity contribution in [1.29, 1.82) is 5.26 Å². The number of thiazole rings is 1. The van der Waals surface area contributed by atoms with Crippen LogP contribution in [0.25, 0.3) is 0 Å². The van der Waals surface area contributed by atoms with Gasteiger partial charge in [-0.1, -0.05) is 0 Å². The lowest BCUT2D eigenvalue weighted by Gasteiger charge is -2.03. The molecule has 0 fully saturated rings. The highest BCUT2D eigenvalue weighted by atomic mass is 32.1. The zero-order chi connectivity index (χ0) is 11.5. The Morgan fingerprint density at radius 3 is 3.00 bits per heavy atom. The fourth-order valence-corrected chi connectivity index (χ4v) is 2.06. The molecule has 0 spiro atoms. The van der Waals surface area contributed by atoms with E-state index >= 15 is 0 Å². The summed E-state index contributed by atoms with van der Waals surface area (Å²) in [6.07, 6.45) is 1.77. The number of nitrogens with one attached hydrogen (secondary N) is 1. The maximum absolute atomic E-state index is 8.91. The molecule has 4 nitrogen and oxygen atoms in total. The van der Waals surface area contributed by atoms with Gasteiger partial charge >= 0.3 is 0 Å². The Morgan fingerprint density at radius 2 is 2.44 bits per heavy atom. The van der Waals surface area contributed by atoms with E-state index in [1.54, 1.807) is 17.5 Å². The highest BCUT2D eigenvalue weighted by Crippen LogP contribution is 2.16. The minimum Gasteiger partial charge on any atom is -0.357 e. The van der Waals surface area contributed by atoms with Crippen molar-refractivity contribution in [1.82, 2.24) is 9.55 Å². The Labute approximate surface area is 98.2 Å². The summed E-state index contributed by atoms with van der Waals surface area (Å²) in [7, 11) is 1.90. The van der Waals surface area contributed by atoms with Crippen molar-refractivity contribution in [2.75, 3.05) is 5.32 Å². The molecule has 0 saturated carbocycles. The molecule has 0 bridgehead atoms. The Balaban J connectivity index is 2.14. The first-order chi connectivity index (χ1) is 7.72. The molecule has 0 radical (unpaired) electrons. The first kappa shape index (κ1) is 10.7. The largest absolute Gasteiger partial charge is 0.357 e. The summed E-state index contributed by atoms with van der Waals surface area (Å²) in [5.74, 6) is 0. The van der Waals surface area contributed by atoms with Gasteiger partial charge in [-0.2, -0.15) is 5.26 Å². The van der Waals surface area contributed by atoms with Crippen LogP contribution in [0.4, 0.5) is 5.13 Å². The van der Waals surface area contributed by atoms with Crippen LogP contribution >= 0.6 is 11.3 Å². The zero-order valence-corrected chi connectivity index (χ0v) is 10.0. The Kier molecular flexibility index (Phi) is 2.93. The van der Waals surface area contributed by atoms with Crippen LogP contribution in [0.15, 0.2) is 17.6 Å². The summed E-state index contributed by atoms with van der Waals surface area (Å²) in [6, 6.07) is 4.08. The summed E-state index contributed by atoms with van der Waals surface area (Å²) >= 11 is 1.57. The second kappa shape index (κ2) is 4.37. The predicted molar refractivity (Wildman–Crippen MR) is 64.3 cm³/mol. The molecule has 5 heteroatoms. The van der Waals surface area contributed by atoms with Crippen LogP contribution in [-0.2, 0) is 13.6 Å². The van der Waals surface area contributed by atoms with Crippen LogP contribution < -0.4 is 5.32 Å². The molecule has 0 atom stereocenters. The number of rotatable bonds is 3. The van der Waals surface area contributed by atoms with Gasteiger partial charge in [-0.25, -0.2) is 4.98 Å². The fourth-order valence-electron chi connectivity index (χ4n) is 1.53. The second-order valence-electron chi connectivity index (χ2n) is 3.50. The van der Waals surface area contributed by atoms with Gasteiger partial charge in [0.2, 0.25) is 0 Å². The van der Waals surface area contributed by atoms with E-state index in [1.807, 2.05) is 30.0 Å². The molecular formula is C11H12N4S. The van der Waals surface area contributed by atoms with E-state index in [0.717, 1.165) is 16.4 Å². The summed E-state index contributed by atoms with van der Waals surface area (Å²) in [5.41, 5.74) is 2.93. The van der Waals surface area contributed by atoms with Crippen molar-refractivity contribution in [3.05, 3.63) is 34.6 Å². The Morgan fingerprint density at radius 1 is 1.62 bits per heavy atom. The molecule has 2 aromatic heterocycles. The topological polar surface area (TPSA) is 53.6 Å². The predicted octanol–water partition coefficient (Wildman–Crippen LogP) is 2.27. The van der Waals surface area contributed by atoms with Crippen molar-refractivity contribution in [2.24, 2.45) is 7.05 Å². The van der Waals surface area contributed by atoms with Crippen LogP contribution in [0, 0.1) is 18.3 Å². The lowest BCUT2D eigenvalue weighted by atomic mass is 10.2. The monoisotopic (exact) mass is 232 g/mol. The van der Waals surface area contributed by atoms with Gasteiger partial charge in [0, 0.05) is 30.9 Å². The molecule has 0 unspecified atom stereocenters. The van der Waals surface area contributed by atoms with Crippen LogP contribution in [-0.4, -0.2) is 9.55 Å². The lowest BCUT2D eigenvalue weighted by molar-refractivity contribution is 0.856. The smallest absolute Gasteiger partial charge is 0.182 e. The van der Waals surface area contributed by atoms with E-state index in [1.165, 1.54) is 0 Å². The summed E-state index contributed by atoms with van der Waals surface area (Å²) in [6.45, 7) is 2.72. The number of nitrogens with zero attached hydrogens (tertiary/aromatic N) is 3. The van der Waals surface area contributed by atoms with E-state index in [4.69, 9.17) is 5.26 Å². The third-order valence-corrected chi connectivity index (χ3v) is 3.35. The van der Waals surface area contributed by atoms with Crippen LogP contribution in [0.3, 0.4) is 0 Å². The third kappa shape index (κ3) is 1.92. The number of hydrogen-bond acceptors (Lipinski definition) is 4. The standard InChI is InChI=1S/C11H12N4S/c1-8-9(5-10(6-12)15(8)2)7-14-11-13-3-4-16-11/h3-5H,7H2,1-2H3,(H,13,14). The van der Waals surface area contributed by atoms with E-state index < -0.39 is 0 Å². The molecule has 2 aromatic rings. The van der Waals surface area contributed by atoms with Gasteiger partial charge in [-0.15, -0.1) is 11.3 Å². The van der Waals surface area contributed by atoms with Gasteiger partial charge in [-0.05, 0) is 18.6 Å².